The fourth-order valence-corrected chi connectivity index (χ4v) is 6.84. The van der Waals surface area contributed by atoms with Crippen molar-refractivity contribution in [2.24, 2.45) is 5.73 Å². The number of aliphatic hydroxyl groups excluding tert-OH is 1. The van der Waals surface area contributed by atoms with E-state index in [1.54, 1.807) is 18.3 Å². The molecule has 0 bridgehead atoms. The van der Waals surface area contributed by atoms with Crippen LogP contribution in [0.1, 0.15) is 74.7 Å². The van der Waals surface area contributed by atoms with Gasteiger partial charge < -0.3 is 34.9 Å². The summed E-state index contributed by atoms with van der Waals surface area (Å²) in [5, 5.41) is 11.6. The van der Waals surface area contributed by atoms with Gasteiger partial charge in [0.25, 0.3) is 5.91 Å². The zero-order chi connectivity index (χ0) is 31.1. The Balaban J connectivity index is 1.34. The minimum absolute atomic E-state index is 0.00744. The predicted molar refractivity (Wildman–Crippen MR) is 171 cm³/mol. The molecule has 1 saturated heterocycles. The highest BCUT2D eigenvalue weighted by Crippen LogP contribution is 2.43. The van der Waals surface area contributed by atoms with Crippen LogP contribution in [-0.4, -0.2) is 48.6 Å². The van der Waals surface area contributed by atoms with Gasteiger partial charge in [0.05, 0.1) is 5.76 Å². The van der Waals surface area contributed by atoms with Gasteiger partial charge >= 0.3 is 0 Å². The molecule has 1 fully saturated rings. The van der Waals surface area contributed by atoms with Crippen LogP contribution in [0.4, 0.5) is 5.00 Å². The molecule has 1 aliphatic carbocycles. The molecule has 11 heteroatoms. The van der Waals surface area contributed by atoms with Gasteiger partial charge in [0, 0.05) is 60.9 Å². The quantitative estimate of drug-likeness (QED) is 0.274. The van der Waals surface area contributed by atoms with Crippen molar-refractivity contribution < 1.29 is 24.1 Å². The van der Waals surface area contributed by atoms with Crippen LogP contribution in [0.3, 0.4) is 0 Å². The van der Waals surface area contributed by atoms with Gasteiger partial charge in [-0.1, -0.05) is 36.4 Å². The zero-order valence-corrected chi connectivity index (χ0v) is 26.6. The number of allylic oxidation sites excluding steroid dienone is 3. The summed E-state index contributed by atoms with van der Waals surface area (Å²) in [5.74, 6) is 1.38. The molecule has 1 atom stereocenters. The number of likely N-dealkylation sites (tertiary alicyclic amines) is 1. The Labute approximate surface area is 263 Å². The number of primary amides is 1. The Morgan fingerprint density at radius 3 is 2.63 bits per heavy atom. The smallest absolute Gasteiger partial charge is 0.262 e. The number of carbonyl (C=O) groups excluding carboxylic acids is 1. The second kappa shape index (κ2) is 12.2. The molecule has 5 rings (SSSR count). The summed E-state index contributed by atoms with van der Waals surface area (Å²) >= 11 is 7.60. The molecule has 43 heavy (non-hydrogen) atoms. The van der Waals surface area contributed by atoms with Crippen molar-refractivity contribution in [1.29, 1.82) is 0 Å². The summed E-state index contributed by atoms with van der Waals surface area (Å²) in [6, 6.07) is 9.21. The largest absolute Gasteiger partial charge is 0.504 e. The van der Waals surface area contributed by atoms with Gasteiger partial charge in [0.2, 0.25) is 5.88 Å². The number of hydrogen-bond acceptors (Lipinski definition) is 8. The third-order valence-electron chi connectivity index (χ3n) is 8.07. The highest BCUT2D eigenvalue weighted by atomic mass is 35.5. The second-order valence-corrected chi connectivity index (χ2v) is 13.0. The summed E-state index contributed by atoms with van der Waals surface area (Å²) in [6.45, 7) is 13.1. The molecule has 0 unspecified atom stereocenters. The highest BCUT2D eigenvalue weighted by molar-refractivity contribution is 7.18. The number of benzene rings is 1. The van der Waals surface area contributed by atoms with Crippen molar-refractivity contribution in [3.05, 3.63) is 92.7 Å². The summed E-state index contributed by atoms with van der Waals surface area (Å²) in [5.41, 5.74) is 8.33. The molecule has 3 aliphatic rings. The minimum atomic E-state index is -0.622. The van der Waals surface area contributed by atoms with E-state index in [2.05, 4.69) is 11.5 Å². The van der Waals surface area contributed by atoms with E-state index in [9.17, 15) is 9.90 Å². The molecular weight excluding hydrogens is 585 g/mol. The van der Waals surface area contributed by atoms with Gasteiger partial charge in [0.15, 0.2) is 11.4 Å². The zero-order valence-electron chi connectivity index (χ0n) is 25.0. The van der Waals surface area contributed by atoms with Gasteiger partial charge in [0.1, 0.15) is 35.7 Å². The third kappa shape index (κ3) is 6.13. The predicted octanol–water partition coefficient (Wildman–Crippen LogP) is 7.06. The molecule has 2 aromatic rings. The number of aliphatic hydroxyl groups is 1. The lowest BCUT2D eigenvalue weighted by molar-refractivity contribution is -0.0949. The SMILES string of the molecule is [B]C1=C(OC2CCN(C3=C(O)C(C)(C)O3)CC2)CCC(C)=C1N(C=C)c1cc(O[C@H](C)c2ccccc2Cl)c(C(N)=O)s1. The number of carbonyl (C=O) groups is 1. The van der Waals surface area contributed by atoms with Gasteiger partial charge in [-0.05, 0) is 51.2 Å². The number of anilines is 1. The maximum Gasteiger partial charge on any atom is 0.262 e. The van der Waals surface area contributed by atoms with E-state index in [1.807, 2.05) is 50.8 Å². The first-order valence-corrected chi connectivity index (χ1v) is 15.6. The Bertz CT molecular complexity index is 1520. The Hall–Kier alpha value is -3.50. The van der Waals surface area contributed by atoms with Crippen LogP contribution in [0.25, 0.3) is 0 Å². The Kier molecular flexibility index (Phi) is 8.81. The number of rotatable bonds is 10. The number of thiophene rings is 1. The fraction of sp³-hybridized carbons (Fsp3) is 0.406. The van der Waals surface area contributed by atoms with Crippen molar-refractivity contribution in [2.45, 2.75) is 71.2 Å². The number of nitrogens with zero attached hydrogens (tertiary/aromatic N) is 2. The van der Waals surface area contributed by atoms with Gasteiger partial charge in [-0.25, -0.2) is 0 Å². The molecule has 1 aromatic carbocycles. The van der Waals surface area contributed by atoms with E-state index in [0.717, 1.165) is 41.9 Å². The lowest BCUT2D eigenvalue weighted by Crippen LogP contribution is -2.47. The number of hydrogen-bond donors (Lipinski definition) is 2. The van der Waals surface area contributed by atoms with Crippen LogP contribution < -0.4 is 15.4 Å². The van der Waals surface area contributed by atoms with E-state index in [4.69, 9.17) is 39.4 Å². The second-order valence-electron chi connectivity index (χ2n) is 11.5. The number of nitrogens with two attached hydrogens (primary N) is 1. The molecule has 3 N–H and O–H groups in total. The van der Waals surface area contributed by atoms with E-state index in [-0.39, 0.29) is 6.10 Å². The summed E-state index contributed by atoms with van der Waals surface area (Å²) in [4.78, 5) is 16.7. The molecule has 1 aromatic heterocycles. The van der Waals surface area contributed by atoms with Crippen LogP contribution in [0.5, 0.6) is 5.75 Å². The van der Waals surface area contributed by atoms with E-state index in [1.165, 1.54) is 11.3 Å². The van der Waals surface area contributed by atoms with E-state index in [0.29, 0.717) is 57.3 Å². The summed E-state index contributed by atoms with van der Waals surface area (Å²) in [6.07, 6.45) is 4.25. The monoisotopic (exact) mass is 621 g/mol. The molecule has 8 nitrogen and oxygen atoms in total. The average molecular weight is 622 g/mol. The van der Waals surface area contributed by atoms with Crippen molar-refractivity contribution in [3.63, 3.8) is 0 Å². The van der Waals surface area contributed by atoms with Crippen molar-refractivity contribution in [3.8, 4) is 5.75 Å². The number of piperidine rings is 1. The van der Waals surface area contributed by atoms with Crippen LogP contribution in [-0.2, 0) is 9.47 Å². The van der Waals surface area contributed by atoms with Crippen LogP contribution in [0.2, 0.25) is 5.02 Å². The first-order valence-electron chi connectivity index (χ1n) is 14.4. The maximum absolute atomic E-state index is 12.4. The van der Waals surface area contributed by atoms with Gasteiger partial charge in [-0.15, -0.1) is 11.3 Å². The normalized spacial score (nSPS) is 19.5. The minimum Gasteiger partial charge on any atom is -0.504 e. The molecular formula is C32H37BClN3O5S. The van der Waals surface area contributed by atoms with Crippen molar-refractivity contribution in [2.75, 3.05) is 18.0 Å². The third-order valence-corrected chi connectivity index (χ3v) is 9.54. The van der Waals surface area contributed by atoms with Gasteiger partial charge in [-0.3, -0.25) is 4.79 Å². The van der Waals surface area contributed by atoms with Crippen molar-refractivity contribution >= 4 is 41.7 Å². The van der Waals surface area contributed by atoms with Gasteiger partial charge in [-0.2, -0.15) is 0 Å². The first kappa shape index (κ1) is 30.9. The highest BCUT2D eigenvalue weighted by Gasteiger charge is 2.43. The number of amides is 1. The number of ether oxygens (including phenoxy) is 3. The summed E-state index contributed by atoms with van der Waals surface area (Å²) in [7, 11) is 6.78. The summed E-state index contributed by atoms with van der Waals surface area (Å²) < 4.78 is 18.5. The maximum atomic E-state index is 12.4. The fourth-order valence-electron chi connectivity index (χ4n) is 5.61. The molecule has 226 valence electrons. The Morgan fingerprint density at radius 2 is 2.02 bits per heavy atom. The molecule has 0 saturated carbocycles. The topological polar surface area (TPSA) is 97.5 Å². The van der Waals surface area contributed by atoms with E-state index < -0.39 is 17.6 Å². The van der Waals surface area contributed by atoms with Crippen LogP contribution in [0, 0.1) is 0 Å². The first-order chi connectivity index (χ1) is 20.4. The van der Waals surface area contributed by atoms with Crippen molar-refractivity contribution in [1.82, 2.24) is 4.90 Å². The standard InChI is InChI=1S/C32H37BClN3O5S/c1-6-37(25-17-24(28(43-25)30(35)39)40-19(3)21-9-7-8-10-22(21)34)27-18(2)11-12-23(26(27)33)41-20-13-15-36(16-14-20)31-29(38)32(4,5)42-31/h6-10,17,19-20,38H,1,11-16H2,2-5H3,(H2,35,39)/t19-/m1/s1. The number of halogens is 1. The van der Waals surface area contributed by atoms with Crippen LogP contribution >= 0.6 is 22.9 Å². The lowest BCUT2D eigenvalue weighted by atomic mass is 9.82. The molecule has 3 heterocycles. The molecule has 2 radical (unpaired) electrons. The van der Waals surface area contributed by atoms with Crippen LogP contribution in [0.15, 0.2) is 77.3 Å². The Morgan fingerprint density at radius 1 is 1.33 bits per heavy atom. The molecule has 0 spiro atoms. The molecule has 2 aliphatic heterocycles. The average Bonchev–Trinajstić information content (AvgIpc) is 3.39. The lowest BCUT2D eigenvalue weighted by Gasteiger charge is -2.44. The van der Waals surface area contributed by atoms with E-state index >= 15 is 0 Å². The molecule has 1 amide bonds.